The van der Waals surface area contributed by atoms with Crippen molar-refractivity contribution in [3.63, 3.8) is 0 Å². The third-order valence-electron chi connectivity index (χ3n) is 4.61. The molecular weight excluding hydrogens is 292 g/mol. The number of hydrogen-bond donors (Lipinski definition) is 0. The Hall–Kier alpha value is -1.92. The van der Waals surface area contributed by atoms with Crippen LogP contribution in [0.1, 0.15) is 17.7 Å². The monoisotopic (exact) mass is 316 g/mol. The van der Waals surface area contributed by atoms with Crippen LogP contribution < -0.4 is 4.74 Å². The van der Waals surface area contributed by atoms with Gasteiger partial charge in [-0.25, -0.2) is 0 Å². The van der Waals surface area contributed by atoms with Gasteiger partial charge in [-0.3, -0.25) is 14.6 Å². The maximum absolute atomic E-state index is 5.91. The predicted molar refractivity (Wildman–Crippen MR) is 87.3 cm³/mol. The molecule has 0 aromatic carbocycles. The minimum Gasteiger partial charge on any atom is -0.490 e. The number of nitrogens with zero attached hydrogens (tertiary/aromatic N) is 4. The van der Waals surface area contributed by atoms with Crippen LogP contribution in [0.3, 0.4) is 0 Å². The Morgan fingerprint density at radius 3 is 2.87 bits per heavy atom. The SMILES string of the molecule is CO[C@@H]1C[C@@H](COc2cccnc2)N(Cc2cnn(C)c2C)C1. The van der Waals surface area contributed by atoms with Crippen molar-refractivity contribution in [3.8, 4) is 5.75 Å². The Morgan fingerprint density at radius 2 is 2.22 bits per heavy atom. The van der Waals surface area contributed by atoms with Gasteiger partial charge in [-0.15, -0.1) is 0 Å². The number of aryl methyl sites for hydroxylation is 1. The second-order valence-electron chi connectivity index (χ2n) is 6.06. The number of rotatable bonds is 6. The second-order valence-corrected chi connectivity index (χ2v) is 6.06. The first-order valence-corrected chi connectivity index (χ1v) is 7.94. The molecule has 2 atom stereocenters. The fourth-order valence-electron chi connectivity index (χ4n) is 3.02. The third-order valence-corrected chi connectivity index (χ3v) is 4.61. The lowest BCUT2D eigenvalue weighted by Crippen LogP contribution is -2.34. The highest BCUT2D eigenvalue weighted by molar-refractivity contribution is 5.17. The Balaban J connectivity index is 1.65. The zero-order chi connectivity index (χ0) is 16.2. The van der Waals surface area contributed by atoms with Crippen molar-refractivity contribution in [1.29, 1.82) is 0 Å². The van der Waals surface area contributed by atoms with E-state index in [0.717, 1.165) is 25.3 Å². The van der Waals surface area contributed by atoms with Gasteiger partial charge in [-0.05, 0) is 25.5 Å². The van der Waals surface area contributed by atoms with Crippen LogP contribution in [-0.4, -0.2) is 52.1 Å². The molecule has 1 aliphatic heterocycles. The van der Waals surface area contributed by atoms with E-state index in [4.69, 9.17) is 9.47 Å². The number of ether oxygens (including phenoxy) is 2. The lowest BCUT2D eigenvalue weighted by atomic mass is 10.2. The molecule has 0 amide bonds. The van der Waals surface area contributed by atoms with Crippen LogP contribution in [0.5, 0.6) is 5.75 Å². The highest BCUT2D eigenvalue weighted by Gasteiger charge is 2.33. The molecule has 0 aliphatic carbocycles. The minimum absolute atomic E-state index is 0.259. The van der Waals surface area contributed by atoms with E-state index in [1.807, 2.05) is 30.1 Å². The van der Waals surface area contributed by atoms with Crippen LogP contribution in [0.15, 0.2) is 30.7 Å². The lowest BCUT2D eigenvalue weighted by molar-refractivity contribution is 0.107. The quantitative estimate of drug-likeness (QED) is 0.813. The summed E-state index contributed by atoms with van der Waals surface area (Å²) in [7, 11) is 3.76. The summed E-state index contributed by atoms with van der Waals surface area (Å²) >= 11 is 0. The molecule has 2 aromatic heterocycles. The molecule has 23 heavy (non-hydrogen) atoms. The van der Waals surface area contributed by atoms with Crippen LogP contribution >= 0.6 is 0 Å². The molecular formula is C17H24N4O2. The molecule has 0 bridgehead atoms. The normalized spacial score (nSPS) is 21.7. The molecule has 1 aliphatic rings. The number of methoxy groups -OCH3 is 1. The summed E-state index contributed by atoms with van der Waals surface area (Å²) in [5.74, 6) is 0.811. The summed E-state index contributed by atoms with van der Waals surface area (Å²) in [6, 6.07) is 4.16. The van der Waals surface area contributed by atoms with Gasteiger partial charge < -0.3 is 9.47 Å². The summed E-state index contributed by atoms with van der Waals surface area (Å²) in [5, 5.41) is 4.34. The fraction of sp³-hybridized carbons (Fsp3) is 0.529. The van der Waals surface area contributed by atoms with Gasteiger partial charge in [0.05, 0.1) is 18.5 Å². The van der Waals surface area contributed by atoms with E-state index in [1.165, 1.54) is 11.3 Å². The Kier molecular flexibility index (Phi) is 4.93. The van der Waals surface area contributed by atoms with Gasteiger partial charge in [0.15, 0.2) is 0 Å². The number of likely N-dealkylation sites (tertiary alicyclic amines) is 1. The van der Waals surface area contributed by atoms with Crippen molar-refractivity contribution in [2.24, 2.45) is 7.05 Å². The van der Waals surface area contributed by atoms with Crippen molar-refractivity contribution in [1.82, 2.24) is 19.7 Å². The van der Waals surface area contributed by atoms with Gasteiger partial charge in [0.1, 0.15) is 12.4 Å². The van der Waals surface area contributed by atoms with E-state index < -0.39 is 0 Å². The Labute approximate surface area is 137 Å². The molecule has 3 heterocycles. The number of aromatic nitrogens is 3. The second kappa shape index (κ2) is 7.10. The van der Waals surface area contributed by atoms with E-state index in [9.17, 15) is 0 Å². The maximum Gasteiger partial charge on any atom is 0.137 e. The van der Waals surface area contributed by atoms with Gasteiger partial charge in [-0.1, -0.05) is 0 Å². The molecule has 0 spiro atoms. The van der Waals surface area contributed by atoms with Gasteiger partial charge >= 0.3 is 0 Å². The van der Waals surface area contributed by atoms with E-state index >= 15 is 0 Å². The predicted octanol–water partition coefficient (Wildman–Crippen LogP) is 1.79. The molecule has 6 heteroatoms. The zero-order valence-corrected chi connectivity index (χ0v) is 14.0. The minimum atomic E-state index is 0.259. The summed E-state index contributed by atoms with van der Waals surface area (Å²) in [5.41, 5.74) is 2.47. The molecule has 1 saturated heterocycles. The fourth-order valence-corrected chi connectivity index (χ4v) is 3.02. The van der Waals surface area contributed by atoms with Crippen LogP contribution in [0.2, 0.25) is 0 Å². The number of hydrogen-bond acceptors (Lipinski definition) is 5. The first-order valence-electron chi connectivity index (χ1n) is 7.94. The van der Waals surface area contributed by atoms with Gasteiger partial charge in [-0.2, -0.15) is 5.10 Å². The van der Waals surface area contributed by atoms with E-state index in [2.05, 4.69) is 21.9 Å². The topological polar surface area (TPSA) is 52.4 Å². The van der Waals surface area contributed by atoms with Gasteiger partial charge in [0, 0.05) is 50.7 Å². The molecule has 0 saturated carbocycles. The Bertz CT molecular complexity index is 629. The van der Waals surface area contributed by atoms with Crippen molar-refractivity contribution in [2.45, 2.75) is 32.0 Å². The maximum atomic E-state index is 5.91. The Morgan fingerprint density at radius 1 is 1.35 bits per heavy atom. The third kappa shape index (κ3) is 3.71. The smallest absolute Gasteiger partial charge is 0.137 e. The lowest BCUT2D eigenvalue weighted by Gasteiger charge is -2.24. The highest BCUT2D eigenvalue weighted by atomic mass is 16.5. The summed E-state index contributed by atoms with van der Waals surface area (Å²) < 4.78 is 13.4. The number of pyridine rings is 1. The van der Waals surface area contributed by atoms with Crippen molar-refractivity contribution < 1.29 is 9.47 Å². The molecule has 2 aromatic rings. The average Bonchev–Trinajstić information content (AvgIpc) is 3.12. The van der Waals surface area contributed by atoms with E-state index in [1.54, 1.807) is 19.5 Å². The highest BCUT2D eigenvalue weighted by Crippen LogP contribution is 2.24. The summed E-state index contributed by atoms with van der Waals surface area (Å²) in [6.07, 6.45) is 6.69. The molecule has 3 rings (SSSR count). The van der Waals surface area contributed by atoms with E-state index in [0.29, 0.717) is 12.6 Å². The standard InChI is InChI=1S/C17H24N4O2/c1-13-14(8-19-20(13)2)10-21-11-17(22-3)7-15(21)12-23-16-5-4-6-18-9-16/h4-6,8-9,15,17H,7,10-12H2,1-3H3/t15-,17+/m0/s1. The summed E-state index contributed by atoms with van der Waals surface area (Å²) in [4.78, 5) is 6.51. The van der Waals surface area contributed by atoms with Gasteiger partial charge in [0.2, 0.25) is 0 Å². The molecule has 6 nitrogen and oxygen atoms in total. The first-order chi connectivity index (χ1) is 11.2. The van der Waals surface area contributed by atoms with Crippen LogP contribution in [0.25, 0.3) is 0 Å². The van der Waals surface area contributed by atoms with Gasteiger partial charge in [0.25, 0.3) is 0 Å². The average molecular weight is 316 g/mol. The first kappa shape index (κ1) is 16.0. The molecule has 0 N–H and O–H groups in total. The molecule has 0 unspecified atom stereocenters. The molecule has 0 radical (unpaired) electrons. The zero-order valence-electron chi connectivity index (χ0n) is 14.0. The van der Waals surface area contributed by atoms with Crippen molar-refractivity contribution >= 4 is 0 Å². The van der Waals surface area contributed by atoms with Crippen molar-refractivity contribution in [2.75, 3.05) is 20.3 Å². The largest absolute Gasteiger partial charge is 0.490 e. The van der Waals surface area contributed by atoms with Crippen molar-refractivity contribution in [3.05, 3.63) is 42.0 Å². The van der Waals surface area contributed by atoms with E-state index in [-0.39, 0.29) is 6.10 Å². The molecule has 1 fully saturated rings. The van der Waals surface area contributed by atoms with Crippen LogP contribution in [0, 0.1) is 6.92 Å². The van der Waals surface area contributed by atoms with Crippen LogP contribution in [0.4, 0.5) is 0 Å². The molecule has 124 valence electrons. The van der Waals surface area contributed by atoms with Crippen LogP contribution in [-0.2, 0) is 18.3 Å². The summed E-state index contributed by atoms with van der Waals surface area (Å²) in [6.45, 7) is 4.55.